The summed E-state index contributed by atoms with van der Waals surface area (Å²) in [6, 6.07) is 11.0. The highest BCUT2D eigenvalue weighted by Gasteiger charge is 2.34. The van der Waals surface area contributed by atoms with Crippen LogP contribution >= 0.6 is 23.2 Å². The molecule has 5 rings (SSSR count). The van der Waals surface area contributed by atoms with Gasteiger partial charge in [-0.1, -0.05) is 40.4 Å². The molecule has 2 aromatic carbocycles. The maximum absolute atomic E-state index is 12.6. The van der Waals surface area contributed by atoms with Crippen LogP contribution in [0.25, 0.3) is 11.3 Å². The summed E-state index contributed by atoms with van der Waals surface area (Å²) in [4.78, 5) is 12.6. The van der Waals surface area contributed by atoms with Crippen molar-refractivity contribution in [3.8, 4) is 17.0 Å². The van der Waals surface area contributed by atoms with E-state index in [1.54, 1.807) is 47.1 Å². The molecule has 2 aromatic heterocycles. The average Bonchev–Trinajstić information content (AvgIpc) is 3.17. The van der Waals surface area contributed by atoms with Crippen molar-refractivity contribution in [2.75, 3.05) is 5.32 Å². The van der Waals surface area contributed by atoms with Gasteiger partial charge in [-0.25, -0.2) is 5.10 Å². The Morgan fingerprint density at radius 2 is 1.90 bits per heavy atom. The summed E-state index contributed by atoms with van der Waals surface area (Å²) in [5.41, 5.74) is 2.17. The van der Waals surface area contributed by atoms with Crippen molar-refractivity contribution in [2.24, 2.45) is 0 Å². The number of tetrazole rings is 1. The lowest BCUT2D eigenvalue weighted by Gasteiger charge is -2.28. The smallest absolute Gasteiger partial charge is 0.288 e. The summed E-state index contributed by atoms with van der Waals surface area (Å²) in [5, 5.41) is 32.0. The largest absolute Gasteiger partial charge is 0.508 e. The lowest BCUT2D eigenvalue weighted by molar-refractivity contribution is 0.474. The number of nitrogens with zero attached hydrogens (tertiary/aromatic N) is 5. The monoisotopic (exact) mass is 427 g/mol. The Kier molecular flexibility index (Phi) is 4.00. The second-order valence-corrected chi connectivity index (χ2v) is 7.22. The molecule has 1 aliphatic rings. The number of rotatable bonds is 2. The van der Waals surface area contributed by atoms with Crippen molar-refractivity contribution in [1.29, 1.82) is 0 Å². The summed E-state index contributed by atoms with van der Waals surface area (Å²) >= 11 is 12.5. The topological polar surface area (TPSA) is 122 Å². The molecule has 0 spiro atoms. The van der Waals surface area contributed by atoms with Crippen LogP contribution in [0.1, 0.15) is 17.2 Å². The minimum Gasteiger partial charge on any atom is -0.508 e. The fraction of sp³-hybridized carbons (Fsp3) is 0.0556. The van der Waals surface area contributed by atoms with E-state index in [1.807, 2.05) is 0 Å². The summed E-state index contributed by atoms with van der Waals surface area (Å²) in [7, 11) is 0. The Balaban J connectivity index is 1.83. The first-order chi connectivity index (χ1) is 14.0. The summed E-state index contributed by atoms with van der Waals surface area (Å²) in [6.07, 6.45) is 0. The predicted molar refractivity (Wildman–Crippen MR) is 107 cm³/mol. The first kappa shape index (κ1) is 17.7. The van der Waals surface area contributed by atoms with Crippen molar-refractivity contribution in [3.63, 3.8) is 0 Å². The van der Waals surface area contributed by atoms with E-state index in [-0.39, 0.29) is 11.4 Å². The minimum atomic E-state index is -0.576. The molecular formula is C18H11Cl2N7O2. The van der Waals surface area contributed by atoms with Crippen molar-refractivity contribution in [3.05, 3.63) is 74.0 Å². The van der Waals surface area contributed by atoms with Crippen molar-refractivity contribution in [2.45, 2.75) is 6.04 Å². The van der Waals surface area contributed by atoms with E-state index < -0.39 is 11.6 Å². The number of hydrogen-bond donors (Lipinski definition) is 3. The Bertz CT molecular complexity index is 1300. The first-order valence-electron chi connectivity index (χ1n) is 8.45. The number of aromatic hydroxyl groups is 1. The second-order valence-electron chi connectivity index (χ2n) is 6.38. The number of phenols is 1. The zero-order valence-corrected chi connectivity index (χ0v) is 16.0. The SMILES string of the molecule is O=c1[nH]nc(-c2ccc(Cl)cc2Cl)c2c1Nc1nnnn1[C@@H]2c1ccc(O)cc1. The van der Waals surface area contributed by atoms with Gasteiger partial charge in [0.25, 0.3) is 5.56 Å². The molecule has 0 unspecified atom stereocenters. The van der Waals surface area contributed by atoms with Gasteiger partial charge >= 0.3 is 0 Å². The average molecular weight is 428 g/mol. The summed E-state index contributed by atoms with van der Waals surface area (Å²) in [5.74, 6) is 0.422. The number of H-pyrrole nitrogens is 1. The van der Waals surface area contributed by atoms with E-state index in [0.717, 1.165) is 5.56 Å². The van der Waals surface area contributed by atoms with Crippen LogP contribution in [0.5, 0.6) is 5.75 Å². The number of nitrogens with one attached hydrogen (secondary N) is 2. The van der Waals surface area contributed by atoms with Crippen LogP contribution in [0.15, 0.2) is 47.3 Å². The lowest BCUT2D eigenvalue weighted by Crippen LogP contribution is -2.29. The third-order valence-corrected chi connectivity index (χ3v) is 5.21. The van der Waals surface area contributed by atoms with Crippen molar-refractivity contribution >= 4 is 34.8 Å². The van der Waals surface area contributed by atoms with E-state index >= 15 is 0 Å². The maximum atomic E-state index is 12.6. The van der Waals surface area contributed by atoms with Gasteiger partial charge in [0, 0.05) is 16.1 Å². The second kappa shape index (κ2) is 6.57. The minimum absolute atomic E-state index is 0.116. The van der Waals surface area contributed by atoms with Crippen LogP contribution in [0.3, 0.4) is 0 Å². The van der Waals surface area contributed by atoms with E-state index in [0.29, 0.717) is 32.8 Å². The van der Waals surface area contributed by atoms with E-state index in [9.17, 15) is 9.90 Å². The van der Waals surface area contributed by atoms with Crippen LogP contribution in [0.4, 0.5) is 11.6 Å². The zero-order valence-electron chi connectivity index (χ0n) is 14.5. The summed E-state index contributed by atoms with van der Waals surface area (Å²) < 4.78 is 1.54. The molecule has 0 radical (unpaired) electrons. The molecule has 3 N–H and O–H groups in total. The molecule has 0 amide bonds. The third-order valence-electron chi connectivity index (χ3n) is 4.66. The number of hydrogen-bond acceptors (Lipinski definition) is 7. The molecule has 0 saturated carbocycles. The lowest BCUT2D eigenvalue weighted by atomic mass is 9.92. The molecule has 0 saturated heterocycles. The van der Waals surface area contributed by atoms with E-state index in [1.165, 1.54) is 0 Å². The summed E-state index contributed by atoms with van der Waals surface area (Å²) in [6.45, 7) is 0. The van der Waals surface area contributed by atoms with Gasteiger partial charge in [0.05, 0.1) is 5.02 Å². The molecule has 1 atom stereocenters. The highest BCUT2D eigenvalue weighted by Crippen LogP contribution is 2.42. The molecule has 11 heteroatoms. The number of aromatic nitrogens is 6. The molecule has 3 heterocycles. The number of benzene rings is 2. The molecule has 0 aliphatic carbocycles. The fourth-order valence-electron chi connectivity index (χ4n) is 3.39. The van der Waals surface area contributed by atoms with Crippen LogP contribution in [-0.2, 0) is 0 Å². The molecule has 0 bridgehead atoms. The van der Waals surface area contributed by atoms with Crippen molar-refractivity contribution in [1.82, 2.24) is 30.4 Å². The molecule has 1 aliphatic heterocycles. The fourth-order valence-corrected chi connectivity index (χ4v) is 3.89. The van der Waals surface area contributed by atoms with Gasteiger partial charge < -0.3 is 10.4 Å². The van der Waals surface area contributed by atoms with Gasteiger partial charge in [-0.05, 0) is 46.3 Å². The Hall–Kier alpha value is -3.43. The highest BCUT2D eigenvalue weighted by atomic mass is 35.5. The van der Waals surface area contributed by atoms with Gasteiger partial charge in [0.15, 0.2) is 0 Å². The molecule has 4 aromatic rings. The number of anilines is 2. The van der Waals surface area contributed by atoms with E-state index in [2.05, 4.69) is 31.0 Å². The number of aromatic amines is 1. The van der Waals surface area contributed by atoms with Crippen molar-refractivity contribution < 1.29 is 5.11 Å². The van der Waals surface area contributed by atoms with Gasteiger partial charge in [-0.3, -0.25) is 4.79 Å². The maximum Gasteiger partial charge on any atom is 0.288 e. The number of fused-ring (bicyclic) bond motifs is 2. The molecule has 29 heavy (non-hydrogen) atoms. The van der Waals surface area contributed by atoms with Gasteiger partial charge in [-0.15, -0.1) is 0 Å². The standard InChI is InChI=1S/C18H11Cl2N7O2/c19-9-3-6-11(12(20)7-9)14-13-15(17(29)23-22-14)21-18-24-25-26-27(18)16(13)8-1-4-10(28)5-2-8/h1-7,16,28H,(H,23,29)(H,21,24,26)/t16-/m1/s1. The number of halogens is 2. The Morgan fingerprint density at radius 3 is 2.66 bits per heavy atom. The van der Waals surface area contributed by atoms with Gasteiger partial charge in [-0.2, -0.15) is 9.78 Å². The zero-order chi connectivity index (χ0) is 20.1. The van der Waals surface area contributed by atoms with Crippen LogP contribution in [0, 0.1) is 0 Å². The molecule has 144 valence electrons. The third kappa shape index (κ3) is 2.82. The quantitative estimate of drug-likeness (QED) is 0.395. The Morgan fingerprint density at radius 1 is 1.10 bits per heavy atom. The van der Waals surface area contributed by atoms with Crippen LogP contribution < -0.4 is 10.9 Å². The van der Waals surface area contributed by atoms with Gasteiger partial charge in [0.2, 0.25) is 5.95 Å². The molecular weight excluding hydrogens is 417 g/mol. The number of phenolic OH excluding ortho intramolecular Hbond substituents is 1. The Labute approximate surface area is 172 Å². The first-order valence-corrected chi connectivity index (χ1v) is 9.20. The highest BCUT2D eigenvalue weighted by molar-refractivity contribution is 6.36. The van der Waals surface area contributed by atoms with Crippen LogP contribution in [0.2, 0.25) is 10.0 Å². The van der Waals surface area contributed by atoms with E-state index in [4.69, 9.17) is 23.2 Å². The predicted octanol–water partition coefficient (Wildman–Crippen LogP) is 3.13. The normalized spacial score (nSPS) is 14.8. The molecule has 0 fully saturated rings. The van der Waals surface area contributed by atoms with Gasteiger partial charge in [0.1, 0.15) is 23.2 Å². The van der Waals surface area contributed by atoms with Crippen LogP contribution in [-0.4, -0.2) is 35.5 Å². The molecule has 9 nitrogen and oxygen atoms in total.